The summed E-state index contributed by atoms with van der Waals surface area (Å²) in [5, 5.41) is 4.73. The molecule has 0 bridgehead atoms. The Morgan fingerprint density at radius 3 is 1.20 bits per heavy atom. The molecule has 0 spiro atoms. The normalized spacial score (nSPS) is 7.05. The lowest BCUT2D eigenvalue weighted by Gasteiger charge is -2.02. The van der Waals surface area contributed by atoms with Gasteiger partial charge in [-0.05, 0) is 12.5 Å². The highest BCUT2D eigenvalue weighted by Gasteiger charge is 1.87. The van der Waals surface area contributed by atoms with Crippen LogP contribution >= 0.6 is 11.8 Å². The monoisotopic (exact) mass is 311 g/mol. The van der Waals surface area contributed by atoms with E-state index in [0.29, 0.717) is 0 Å². The van der Waals surface area contributed by atoms with Crippen LogP contribution in [-0.2, 0) is 14.3 Å². The van der Waals surface area contributed by atoms with E-state index in [0.717, 1.165) is 0 Å². The van der Waals surface area contributed by atoms with E-state index in [1.807, 2.05) is 12.5 Å². The van der Waals surface area contributed by atoms with Crippen molar-refractivity contribution in [2.75, 3.05) is 47.8 Å². The highest BCUT2D eigenvalue weighted by molar-refractivity contribution is 7.97. The molecule has 20 heavy (non-hydrogen) atoms. The standard InChI is InChI=1S/C4H9NO.C3H8N2O.C3H6O2.C2H6S/c1-4(6)5(2)3;1-4-3(6)5-2;1-3(4)5-2;1-3-2/h1-3H3;1-2H3,(H2,4,5,6);1-2H3;1-2H3. The third kappa shape index (κ3) is 54.7. The molecule has 0 saturated heterocycles. The lowest BCUT2D eigenvalue weighted by Crippen LogP contribution is -2.28. The van der Waals surface area contributed by atoms with Gasteiger partial charge in [0.2, 0.25) is 5.91 Å². The number of rotatable bonds is 0. The van der Waals surface area contributed by atoms with Crippen molar-refractivity contribution >= 4 is 29.7 Å². The van der Waals surface area contributed by atoms with E-state index in [2.05, 4.69) is 15.4 Å². The topological polar surface area (TPSA) is 87.7 Å². The largest absolute Gasteiger partial charge is 0.469 e. The van der Waals surface area contributed by atoms with E-state index in [9.17, 15) is 14.4 Å². The third-order valence-electron chi connectivity index (χ3n) is 1.37. The van der Waals surface area contributed by atoms with Crippen LogP contribution in [0.1, 0.15) is 13.8 Å². The number of esters is 1. The molecule has 0 aliphatic carbocycles. The lowest BCUT2D eigenvalue weighted by molar-refractivity contribution is -0.138. The minimum Gasteiger partial charge on any atom is -0.469 e. The fourth-order valence-electron chi connectivity index (χ4n) is 0.125. The van der Waals surface area contributed by atoms with Gasteiger partial charge in [-0.2, -0.15) is 11.8 Å². The molecule has 0 aliphatic heterocycles. The van der Waals surface area contributed by atoms with E-state index >= 15 is 0 Å². The zero-order valence-electron chi connectivity index (χ0n) is 14.0. The molecule has 0 rings (SSSR count). The van der Waals surface area contributed by atoms with Gasteiger partial charge in [-0.3, -0.25) is 9.59 Å². The average Bonchev–Trinajstić information content (AvgIpc) is 2.39. The number of hydrogen-bond donors (Lipinski definition) is 2. The first kappa shape index (κ1) is 27.0. The summed E-state index contributed by atoms with van der Waals surface area (Å²) < 4.78 is 4.11. The summed E-state index contributed by atoms with van der Waals surface area (Å²) in [4.78, 5) is 31.1. The summed E-state index contributed by atoms with van der Waals surface area (Å²) in [5.74, 6) is -0.153. The second-order valence-electron chi connectivity index (χ2n) is 3.35. The van der Waals surface area contributed by atoms with Gasteiger partial charge in [0.25, 0.3) is 0 Å². The van der Waals surface area contributed by atoms with Crippen LogP contribution in [0.2, 0.25) is 0 Å². The van der Waals surface area contributed by atoms with Crippen molar-refractivity contribution in [3.63, 3.8) is 0 Å². The van der Waals surface area contributed by atoms with Crippen LogP contribution in [0.15, 0.2) is 0 Å². The molecule has 0 aliphatic rings. The summed E-state index contributed by atoms with van der Waals surface area (Å²) in [6.07, 6.45) is 4.08. The molecule has 7 nitrogen and oxygen atoms in total. The van der Waals surface area contributed by atoms with Gasteiger partial charge in [0.1, 0.15) is 0 Å². The maximum Gasteiger partial charge on any atom is 0.314 e. The Bertz CT molecular complexity index is 241. The molecule has 0 aromatic heterocycles. The van der Waals surface area contributed by atoms with Gasteiger partial charge in [-0.25, -0.2) is 4.79 Å². The summed E-state index contributed by atoms with van der Waals surface area (Å²) in [5.41, 5.74) is 0. The lowest BCUT2D eigenvalue weighted by atomic mass is 10.7. The van der Waals surface area contributed by atoms with Crippen molar-refractivity contribution in [3.05, 3.63) is 0 Å². The van der Waals surface area contributed by atoms with Crippen LogP contribution in [0.5, 0.6) is 0 Å². The number of nitrogens with zero attached hydrogens (tertiary/aromatic N) is 1. The van der Waals surface area contributed by atoms with Gasteiger partial charge in [0.15, 0.2) is 0 Å². The molecule has 0 radical (unpaired) electrons. The predicted octanol–water partition coefficient (Wildman–Crippen LogP) is 0.798. The zero-order valence-corrected chi connectivity index (χ0v) is 14.8. The van der Waals surface area contributed by atoms with Crippen LogP contribution in [0.25, 0.3) is 0 Å². The summed E-state index contributed by atoms with van der Waals surface area (Å²) in [6, 6.07) is -0.157. The van der Waals surface area contributed by atoms with Gasteiger partial charge in [0, 0.05) is 42.0 Å². The minimum atomic E-state index is -0.245. The molecule has 8 heteroatoms. The Morgan fingerprint density at radius 1 is 1.00 bits per heavy atom. The van der Waals surface area contributed by atoms with Crippen LogP contribution in [0.3, 0.4) is 0 Å². The van der Waals surface area contributed by atoms with Gasteiger partial charge in [-0.1, -0.05) is 0 Å². The molecule has 0 aromatic carbocycles. The second kappa shape index (κ2) is 22.7. The van der Waals surface area contributed by atoms with Gasteiger partial charge in [0.05, 0.1) is 7.11 Å². The molecular weight excluding hydrogens is 282 g/mol. The quantitative estimate of drug-likeness (QED) is 0.646. The SMILES string of the molecule is CC(=O)N(C)C.CNC(=O)NC.COC(C)=O.CSC. The summed E-state index contributed by atoms with van der Waals surface area (Å²) >= 11 is 1.75. The van der Waals surface area contributed by atoms with Crippen molar-refractivity contribution < 1.29 is 19.1 Å². The maximum absolute atomic E-state index is 10.1. The Hall–Kier alpha value is -1.44. The smallest absolute Gasteiger partial charge is 0.314 e. The predicted molar refractivity (Wildman–Crippen MR) is 85.0 cm³/mol. The number of hydrogen-bond acceptors (Lipinski definition) is 5. The van der Waals surface area contributed by atoms with Crippen LogP contribution in [0.4, 0.5) is 4.79 Å². The highest BCUT2D eigenvalue weighted by Crippen LogP contribution is 1.70. The van der Waals surface area contributed by atoms with Gasteiger partial charge >= 0.3 is 12.0 Å². The summed E-state index contributed by atoms with van der Waals surface area (Å²) in [7, 11) is 7.94. The summed E-state index contributed by atoms with van der Waals surface area (Å²) in [6.45, 7) is 2.89. The molecule has 122 valence electrons. The number of ether oxygens (including phenoxy) is 1. The van der Waals surface area contributed by atoms with Gasteiger partial charge in [-0.15, -0.1) is 0 Å². The Balaban J connectivity index is -0.0000000879. The molecule has 3 amide bonds. The fourth-order valence-corrected chi connectivity index (χ4v) is 0.125. The minimum absolute atomic E-state index is 0.0926. The number of carbonyl (C=O) groups is 3. The number of carbonyl (C=O) groups excluding carboxylic acids is 3. The molecule has 0 unspecified atom stereocenters. The van der Waals surface area contributed by atoms with Crippen LogP contribution in [0, 0.1) is 0 Å². The first-order chi connectivity index (χ1) is 9.14. The number of amides is 3. The number of methoxy groups -OCH3 is 1. The van der Waals surface area contributed by atoms with Crippen LogP contribution in [-0.4, -0.2) is 70.6 Å². The molecular formula is C12H29N3O4S. The van der Waals surface area contributed by atoms with E-state index in [-0.39, 0.29) is 17.9 Å². The molecule has 0 heterocycles. The average molecular weight is 311 g/mol. The van der Waals surface area contributed by atoms with E-state index in [1.54, 1.807) is 40.0 Å². The number of nitrogens with one attached hydrogen (secondary N) is 2. The van der Waals surface area contributed by atoms with Crippen molar-refractivity contribution in [2.45, 2.75) is 13.8 Å². The third-order valence-corrected chi connectivity index (χ3v) is 1.37. The fraction of sp³-hybridized carbons (Fsp3) is 0.750. The Labute approximate surface area is 126 Å². The molecule has 2 N–H and O–H groups in total. The molecule has 0 saturated carbocycles. The van der Waals surface area contributed by atoms with Crippen LogP contribution < -0.4 is 10.6 Å². The van der Waals surface area contributed by atoms with Crippen molar-refractivity contribution in [1.82, 2.24) is 15.5 Å². The van der Waals surface area contributed by atoms with E-state index in [4.69, 9.17) is 0 Å². The molecule has 0 aromatic rings. The van der Waals surface area contributed by atoms with E-state index < -0.39 is 0 Å². The second-order valence-corrected chi connectivity index (χ2v) is 4.16. The van der Waals surface area contributed by atoms with Gasteiger partial charge < -0.3 is 20.3 Å². The zero-order chi connectivity index (χ0) is 17.1. The van der Waals surface area contributed by atoms with Crippen molar-refractivity contribution in [1.29, 1.82) is 0 Å². The van der Waals surface area contributed by atoms with Crippen molar-refractivity contribution in [3.8, 4) is 0 Å². The molecule has 0 fully saturated rings. The number of urea groups is 1. The number of thioether (sulfide) groups is 1. The first-order valence-electron chi connectivity index (χ1n) is 5.66. The maximum atomic E-state index is 10.1. The Morgan fingerprint density at radius 2 is 1.20 bits per heavy atom. The molecule has 0 atom stereocenters. The van der Waals surface area contributed by atoms with E-state index in [1.165, 1.54) is 25.9 Å². The van der Waals surface area contributed by atoms with Crippen molar-refractivity contribution in [2.24, 2.45) is 0 Å². The Kier molecular flexibility index (Phi) is 30.7. The highest BCUT2D eigenvalue weighted by atomic mass is 32.2. The first-order valence-corrected chi connectivity index (χ1v) is 7.29.